The van der Waals surface area contributed by atoms with Gasteiger partial charge in [-0.15, -0.1) is 0 Å². The Balaban J connectivity index is 1.14. The predicted octanol–water partition coefficient (Wildman–Crippen LogP) is 20.8. The Morgan fingerprint density at radius 3 is 1.49 bits per heavy atom. The van der Waals surface area contributed by atoms with Crippen molar-refractivity contribution >= 4 is 97.6 Å². The van der Waals surface area contributed by atoms with Crippen molar-refractivity contribution in [1.29, 1.82) is 0 Å². The van der Waals surface area contributed by atoms with Crippen molar-refractivity contribution in [3.63, 3.8) is 0 Å². The van der Waals surface area contributed by atoms with Crippen molar-refractivity contribution in [2.75, 3.05) is 14.6 Å². The quantitative estimate of drug-likeness (QED) is 0.153. The average molecular weight is 1090 g/mol. The van der Waals surface area contributed by atoms with Crippen molar-refractivity contribution in [1.82, 2.24) is 0 Å². The molecule has 3 aliphatic heterocycles. The molecule has 0 aliphatic carbocycles. The van der Waals surface area contributed by atoms with Crippen LogP contribution in [0.5, 0.6) is 0 Å². The van der Waals surface area contributed by atoms with Crippen LogP contribution in [0, 0.1) is 6.92 Å². The monoisotopic (exact) mass is 1090 g/mol. The number of aryl methyl sites for hydroxylation is 1. The molecule has 3 nitrogen and oxygen atoms in total. The molecule has 0 saturated carbocycles. The first-order chi connectivity index (χ1) is 38.6. The van der Waals surface area contributed by atoms with Crippen LogP contribution < -0.4 is 25.5 Å². The summed E-state index contributed by atoms with van der Waals surface area (Å²) in [5, 5.41) is 2.48. The minimum absolute atomic E-state index is 0.0180. The van der Waals surface area contributed by atoms with Crippen LogP contribution in [0.25, 0.3) is 33.0 Å². The van der Waals surface area contributed by atoms with E-state index in [1.165, 1.54) is 120 Å². The van der Waals surface area contributed by atoms with Crippen molar-refractivity contribution in [3.8, 4) is 22.3 Å². The molecule has 0 radical (unpaired) electrons. The van der Waals surface area contributed by atoms with Crippen LogP contribution >= 0.6 is 23.5 Å². The van der Waals surface area contributed by atoms with Crippen LogP contribution in [-0.2, 0) is 21.7 Å². The lowest BCUT2D eigenvalue weighted by molar-refractivity contribution is 0.589. The highest BCUT2D eigenvalue weighted by molar-refractivity contribution is 8.05. The maximum Gasteiger partial charge on any atom is 0.333 e. The van der Waals surface area contributed by atoms with Gasteiger partial charge in [0.15, 0.2) is 0 Å². The van der Waals surface area contributed by atoms with E-state index in [0.29, 0.717) is 0 Å². The van der Waals surface area contributed by atoms with Gasteiger partial charge in [0.2, 0.25) is 0 Å². The molecule has 6 heteroatoms. The third kappa shape index (κ3) is 9.28. The summed E-state index contributed by atoms with van der Waals surface area (Å²) in [7, 11) is 0. The van der Waals surface area contributed by atoms with Crippen molar-refractivity contribution in [2.45, 2.75) is 131 Å². The number of nitrogens with zero attached hydrogens (tertiary/aromatic N) is 3. The summed E-state index contributed by atoms with van der Waals surface area (Å²) in [6.45, 7) is 29.9. The fourth-order valence-corrected chi connectivity index (χ4v) is 14.8. The molecule has 402 valence electrons. The second-order valence-electron chi connectivity index (χ2n) is 26.8. The first-order valence-electron chi connectivity index (χ1n) is 28.8. The average Bonchev–Trinajstić information content (AvgIpc) is 3.39. The van der Waals surface area contributed by atoms with Crippen LogP contribution in [-0.4, -0.2) is 6.85 Å². The minimum atomic E-state index is -0.208. The van der Waals surface area contributed by atoms with E-state index in [1.54, 1.807) is 0 Å². The lowest BCUT2D eigenvalue weighted by Crippen LogP contribution is -2.62. The van der Waals surface area contributed by atoms with Crippen molar-refractivity contribution in [3.05, 3.63) is 228 Å². The summed E-state index contributed by atoms with van der Waals surface area (Å²) >= 11 is 3.81. The molecule has 0 atom stereocenters. The number of anilines is 8. The first kappa shape index (κ1) is 53.0. The summed E-state index contributed by atoms with van der Waals surface area (Å²) in [5.41, 5.74) is 23.3. The van der Waals surface area contributed by atoms with E-state index in [9.17, 15) is 0 Å². The minimum Gasteiger partial charge on any atom is -0.376 e. The molecule has 0 saturated heterocycles. The zero-order valence-corrected chi connectivity index (χ0v) is 50.9. The largest absolute Gasteiger partial charge is 0.376 e. The molecule has 3 aliphatic rings. The Kier molecular flexibility index (Phi) is 12.7. The van der Waals surface area contributed by atoms with E-state index in [2.05, 4.69) is 305 Å². The van der Waals surface area contributed by atoms with Gasteiger partial charge >= 0.3 is 6.85 Å². The normalized spacial score (nSPS) is 13.8. The summed E-state index contributed by atoms with van der Waals surface area (Å²) in [6, 6.07) is 77.1. The molecule has 13 rings (SSSR count). The highest BCUT2D eigenvalue weighted by atomic mass is 32.2. The van der Waals surface area contributed by atoms with Gasteiger partial charge in [-0.1, -0.05) is 222 Å². The molecule has 3 heterocycles. The Bertz CT molecular complexity index is 4060. The predicted molar refractivity (Wildman–Crippen MR) is 352 cm³/mol. The smallest absolute Gasteiger partial charge is 0.333 e. The van der Waals surface area contributed by atoms with Gasteiger partial charge < -0.3 is 14.6 Å². The highest BCUT2D eigenvalue weighted by Gasteiger charge is 2.47. The van der Waals surface area contributed by atoms with E-state index in [4.69, 9.17) is 0 Å². The van der Waals surface area contributed by atoms with E-state index >= 15 is 0 Å². The van der Waals surface area contributed by atoms with Crippen molar-refractivity contribution in [2.24, 2.45) is 0 Å². The molecule has 10 aromatic rings. The summed E-state index contributed by atoms with van der Waals surface area (Å²) in [5.74, 6) is 0. The van der Waals surface area contributed by atoms with Gasteiger partial charge in [0, 0.05) is 70.5 Å². The zero-order valence-electron chi connectivity index (χ0n) is 49.3. The summed E-state index contributed by atoms with van der Waals surface area (Å²) in [4.78, 5) is 13.0. The summed E-state index contributed by atoms with van der Waals surface area (Å²) < 4.78 is 0. The van der Waals surface area contributed by atoms with Crippen LogP contribution in [0.2, 0.25) is 0 Å². The number of hydrogen-bond acceptors (Lipinski definition) is 5. The second kappa shape index (κ2) is 19.4. The molecule has 81 heavy (non-hydrogen) atoms. The molecular formula is C75H72BN3S2. The molecule has 0 bridgehead atoms. The highest BCUT2D eigenvalue weighted by Crippen LogP contribution is 2.56. The van der Waals surface area contributed by atoms with Crippen LogP contribution in [0.15, 0.2) is 220 Å². The van der Waals surface area contributed by atoms with Gasteiger partial charge in [-0.25, -0.2) is 0 Å². The van der Waals surface area contributed by atoms with E-state index in [-0.39, 0.29) is 28.5 Å². The molecule has 0 N–H and O–H groups in total. The maximum absolute atomic E-state index is 2.74. The third-order valence-electron chi connectivity index (χ3n) is 17.0. The third-order valence-corrected chi connectivity index (χ3v) is 19.5. The van der Waals surface area contributed by atoms with E-state index < -0.39 is 0 Å². The number of benzene rings is 10. The Labute approximate surface area is 490 Å². The van der Waals surface area contributed by atoms with Gasteiger partial charge in [0.1, 0.15) is 0 Å². The molecule has 0 unspecified atom stereocenters. The van der Waals surface area contributed by atoms with Gasteiger partial charge in [-0.2, -0.15) is 0 Å². The standard InChI is InChI=1S/C75H72BN3S2/c1-47-41-52(74(8,9)10)31-39-61(47)79-63-44-56(77(54-33-27-50(28-34-54)72(2,3)4)55-35-29-51(30-36-55)73(5,6)7)37-38-58(63)70-57-24-18-17-23-49(57)42-65-71(70)76(79)60-45-68-69(81-67-26-20-19-25-66(67)80-68)46-64(60)78(65)62-40-32-53(75(11,12)13)43-59(62)48-21-15-14-16-22-48/h14-46H,1-13H3. The fourth-order valence-electron chi connectivity index (χ4n) is 12.5. The lowest BCUT2D eigenvalue weighted by atomic mass is 9.43. The van der Waals surface area contributed by atoms with Crippen LogP contribution in [0.4, 0.5) is 45.5 Å². The van der Waals surface area contributed by atoms with E-state index in [0.717, 1.165) is 17.1 Å². The second-order valence-corrected chi connectivity index (χ2v) is 28.9. The van der Waals surface area contributed by atoms with Gasteiger partial charge in [0.05, 0.1) is 5.69 Å². The number of hydrogen-bond donors (Lipinski definition) is 0. The van der Waals surface area contributed by atoms with Gasteiger partial charge in [-0.3, -0.25) is 0 Å². The molecular weight excluding hydrogens is 1020 g/mol. The van der Waals surface area contributed by atoms with Gasteiger partial charge in [-0.05, 0) is 174 Å². The molecule has 0 fully saturated rings. The van der Waals surface area contributed by atoms with E-state index in [1.807, 2.05) is 23.5 Å². The fraction of sp³-hybridized carbons (Fsp3) is 0.227. The lowest BCUT2D eigenvalue weighted by Gasteiger charge is -2.47. The molecule has 0 amide bonds. The van der Waals surface area contributed by atoms with Crippen LogP contribution in [0.1, 0.15) is 111 Å². The van der Waals surface area contributed by atoms with Gasteiger partial charge in [0.25, 0.3) is 0 Å². The molecule has 0 aromatic heterocycles. The van der Waals surface area contributed by atoms with Crippen molar-refractivity contribution < 1.29 is 0 Å². The number of rotatable bonds is 6. The Morgan fingerprint density at radius 1 is 0.383 bits per heavy atom. The molecule has 10 aromatic carbocycles. The molecule has 0 spiro atoms. The number of fused-ring (bicyclic) bond motifs is 8. The SMILES string of the molecule is Cc1cc(C(C)(C)C)ccc1N1B2c3cc4c(cc3N(c3ccc(C(C)(C)C)cc3-c3ccccc3)c3cc5ccccc5c(c32)-c2ccc(N(c3ccc(C(C)(C)C)cc3)c3ccc(C(C)(C)C)cc3)cc21)Sc1ccccc1S4. The summed E-state index contributed by atoms with van der Waals surface area (Å²) in [6.07, 6.45) is 0. The first-order valence-corrected chi connectivity index (χ1v) is 30.5. The maximum atomic E-state index is 2.74. The topological polar surface area (TPSA) is 9.72 Å². The zero-order chi connectivity index (χ0) is 56.5. The van der Waals surface area contributed by atoms with Crippen LogP contribution in [0.3, 0.4) is 0 Å². The Hall–Kier alpha value is -7.38. The Morgan fingerprint density at radius 2 is 0.901 bits per heavy atom.